The average molecular weight is 241 g/mol. The molecule has 5 unspecified atom stereocenters. The molecule has 4 aliphatic rings. The van der Waals surface area contributed by atoms with E-state index in [-0.39, 0.29) is 5.54 Å². The van der Waals surface area contributed by atoms with Crippen LogP contribution < -0.4 is 5.73 Å². The lowest BCUT2D eigenvalue weighted by atomic mass is 9.44. The minimum absolute atomic E-state index is 0.0795. The van der Waals surface area contributed by atoms with E-state index in [2.05, 4.69) is 37.3 Å². The fourth-order valence-corrected chi connectivity index (χ4v) is 5.60. The van der Waals surface area contributed by atoms with E-state index in [4.69, 9.17) is 5.73 Å². The first-order valence-electron chi connectivity index (χ1n) is 7.52. The van der Waals surface area contributed by atoms with E-state index in [0.29, 0.717) is 11.8 Å². The smallest absolute Gasteiger partial charge is 0.0257 e. The predicted octanol–water partition coefficient (Wildman–Crippen LogP) is 3.55. The quantitative estimate of drug-likeness (QED) is 0.799. The number of nitrogens with two attached hydrogens (primary N) is 1. The molecule has 0 amide bonds. The molecule has 6 atom stereocenters. The molecule has 5 rings (SSSR count). The molecule has 1 aromatic rings. The van der Waals surface area contributed by atoms with Gasteiger partial charge in [0.05, 0.1) is 0 Å². The summed E-state index contributed by atoms with van der Waals surface area (Å²) in [5.74, 6) is 4.01. The van der Waals surface area contributed by atoms with E-state index < -0.39 is 0 Å². The van der Waals surface area contributed by atoms with Crippen LogP contribution in [-0.4, -0.2) is 5.54 Å². The Labute approximate surface area is 110 Å². The van der Waals surface area contributed by atoms with Crippen LogP contribution in [-0.2, 0) is 0 Å². The highest BCUT2D eigenvalue weighted by atomic mass is 14.8. The summed E-state index contributed by atoms with van der Waals surface area (Å²) < 4.78 is 0. The minimum atomic E-state index is 0.0795. The summed E-state index contributed by atoms with van der Waals surface area (Å²) in [6.45, 7) is 2.42. The van der Waals surface area contributed by atoms with E-state index in [1.54, 1.807) is 0 Å². The first-order valence-corrected chi connectivity index (χ1v) is 7.52. The van der Waals surface area contributed by atoms with Gasteiger partial charge in [-0.2, -0.15) is 0 Å². The van der Waals surface area contributed by atoms with Crippen LogP contribution in [0, 0.1) is 23.7 Å². The topological polar surface area (TPSA) is 26.0 Å². The molecule has 2 N–H and O–H groups in total. The van der Waals surface area contributed by atoms with E-state index >= 15 is 0 Å². The van der Waals surface area contributed by atoms with Gasteiger partial charge in [0.1, 0.15) is 0 Å². The summed E-state index contributed by atoms with van der Waals surface area (Å²) in [5.41, 5.74) is 8.52. The van der Waals surface area contributed by atoms with Gasteiger partial charge in [-0.25, -0.2) is 0 Å². The molecular formula is C17H23N. The first-order chi connectivity index (χ1) is 8.68. The maximum atomic E-state index is 6.94. The summed E-state index contributed by atoms with van der Waals surface area (Å²) in [6, 6.07) is 11.1. The molecule has 0 aliphatic heterocycles. The lowest BCUT2D eigenvalue weighted by molar-refractivity contribution is -0.0674. The summed E-state index contributed by atoms with van der Waals surface area (Å²) in [6.07, 6.45) is 5.58. The summed E-state index contributed by atoms with van der Waals surface area (Å²) in [5, 5.41) is 0. The van der Waals surface area contributed by atoms with E-state index in [1.807, 2.05) is 0 Å². The number of hydrogen-bond acceptors (Lipinski definition) is 1. The van der Waals surface area contributed by atoms with Crippen molar-refractivity contribution in [1.29, 1.82) is 0 Å². The van der Waals surface area contributed by atoms with Gasteiger partial charge in [-0.1, -0.05) is 37.3 Å². The van der Waals surface area contributed by atoms with Crippen LogP contribution in [0.3, 0.4) is 0 Å². The van der Waals surface area contributed by atoms with Crippen LogP contribution in [0.2, 0.25) is 0 Å². The highest BCUT2D eigenvalue weighted by Gasteiger charge is 2.59. The van der Waals surface area contributed by atoms with Crippen molar-refractivity contribution < 1.29 is 0 Å². The molecule has 0 radical (unpaired) electrons. The standard InChI is InChI=1S/C17H23N/c1-11-14-7-12-8-15(9-14)16(17(11,18)10-12)13-5-3-2-4-6-13/h2-6,11-12,14-16H,7-10,18H2,1H3/t11?,12?,14?,15?,16?,17-/m0/s1. The van der Waals surface area contributed by atoms with Gasteiger partial charge in [0.25, 0.3) is 0 Å². The first kappa shape index (κ1) is 11.0. The molecular weight excluding hydrogens is 218 g/mol. The van der Waals surface area contributed by atoms with Crippen LogP contribution in [0.5, 0.6) is 0 Å². The van der Waals surface area contributed by atoms with Gasteiger partial charge in [-0.3, -0.25) is 0 Å². The Morgan fingerprint density at radius 1 is 1.06 bits per heavy atom. The molecule has 4 fully saturated rings. The van der Waals surface area contributed by atoms with Gasteiger partial charge in [0.15, 0.2) is 0 Å². The van der Waals surface area contributed by atoms with Crippen molar-refractivity contribution in [3.05, 3.63) is 35.9 Å². The van der Waals surface area contributed by atoms with Crippen LogP contribution in [0.25, 0.3) is 0 Å². The van der Waals surface area contributed by atoms with Crippen molar-refractivity contribution >= 4 is 0 Å². The SMILES string of the molecule is CC1C2CC3CC(C2)C(c2ccccc2)[C@]1(N)C3. The molecule has 4 saturated carbocycles. The Balaban J connectivity index is 1.79. The highest BCUT2D eigenvalue weighted by molar-refractivity contribution is 5.30. The molecule has 0 saturated heterocycles. The number of benzene rings is 1. The molecule has 1 aromatic carbocycles. The van der Waals surface area contributed by atoms with Crippen molar-refractivity contribution in [1.82, 2.24) is 0 Å². The van der Waals surface area contributed by atoms with Crippen molar-refractivity contribution in [2.24, 2.45) is 29.4 Å². The molecule has 1 heteroatoms. The van der Waals surface area contributed by atoms with Gasteiger partial charge in [-0.15, -0.1) is 0 Å². The molecule has 0 aromatic heterocycles. The Morgan fingerprint density at radius 2 is 1.78 bits per heavy atom. The second-order valence-electron chi connectivity index (χ2n) is 7.09. The van der Waals surface area contributed by atoms with Gasteiger partial charge in [0.2, 0.25) is 0 Å². The predicted molar refractivity (Wildman–Crippen MR) is 74.2 cm³/mol. The Kier molecular flexibility index (Phi) is 2.21. The molecule has 0 heterocycles. The molecule has 0 spiro atoms. The third kappa shape index (κ3) is 1.31. The summed E-state index contributed by atoms with van der Waals surface area (Å²) in [4.78, 5) is 0. The van der Waals surface area contributed by atoms with Gasteiger partial charge < -0.3 is 5.73 Å². The maximum absolute atomic E-state index is 6.94. The third-order valence-corrected chi connectivity index (χ3v) is 6.28. The van der Waals surface area contributed by atoms with E-state index in [9.17, 15) is 0 Å². The molecule has 4 bridgehead atoms. The second kappa shape index (κ2) is 3.60. The molecule has 4 aliphatic carbocycles. The zero-order valence-electron chi connectivity index (χ0n) is 11.2. The van der Waals surface area contributed by atoms with Crippen LogP contribution in [0.1, 0.15) is 44.1 Å². The molecule has 1 nitrogen and oxygen atoms in total. The third-order valence-electron chi connectivity index (χ3n) is 6.28. The van der Waals surface area contributed by atoms with Crippen molar-refractivity contribution in [3.63, 3.8) is 0 Å². The normalized spacial score (nSPS) is 49.6. The van der Waals surface area contributed by atoms with Crippen LogP contribution in [0.4, 0.5) is 0 Å². The number of rotatable bonds is 1. The fourth-order valence-electron chi connectivity index (χ4n) is 5.60. The van der Waals surface area contributed by atoms with E-state index in [1.165, 1.54) is 31.2 Å². The monoisotopic (exact) mass is 241 g/mol. The lowest BCUT2D eigenvalue weighted by Crippen LogP contribution is -2.65. The van der Waals surface area contributed by atoms with Gasteiger partial charge in [0, 0.05) is 11.5 Å². The van der Waals surface area contributed by atoms with Gasteiger partial charge >= 0.3 is 0 Å². The molecule has 18 heavy (non-hydrogen) atoms. The lowest BCUT2D eigenvalue weighted by Gasteiger charge is -2.63. The van der Waals surface area contributed by atoms with E-state index in [0.717, 1.165) is 17.8 Å². The van der Waals surface area contributed by atoms with Crippen molar-refractivity contribution in [2.45, 2.75) is 44.1 Å². The number of hydrogen-bond donors (Lipinski definition) is 1. The van der Waals surface area contributed by atoms with Gasteiger partial charge in [-0.05, 0) is 54.9 Å². The Bertz CT molecular complexity index is 454. The Hall–Kier alpha value is -0.820. The van der Waals surface area contributed by atoms with Crippen molar-refractivity contribution in [2.75, 3.05) is 0 Å². The van der Waals surface area contributed by atoms with Crippen LogP contribution >= 0.6 is 0 Å². The fraction of sp³-hybridized carbons (Fsp3) is 0.647. The summed E-state index contributed by atoms with van der Waals surface area (Å²) in [7, 11) is 0. The zero-order valence-corrected chi connectivity index (χ0v) is 11.2. The summed E-state index contributed by atoms with van der Waals surface area (Å²) >= 11 is 0. The Morgan fingerprint density at radius 3 is 2.56 bits per heavy atom. The minimum Gasteiger partial charge on any atom is -0.324 e. The maximum Gasteiger partial charge on any atom is 0.0257 e. The van der Waals surface area contributed by atoms with Crippen LogP contribution in [0.15, 0.2) is 30.3 Å². The average Bonchev–Trinajstić information content (AvgIpc) is 2.36. The zero-order chi connectivity index (χ0) is 12.3. The molecule has 96 valence electrons. The largest absolute Gasteiger partial charge is 0.324 e. The second-order valence-corrected chi connectivity index (χ2v) is 7.09. The highest BCUT2D eigenvalue weighted by Crippen LogP contribution is 2.62. The van der Waals surface area contributed by atoms with Crippen molar-refractivity contribution in [3.8, 4) is 0 Å².